The Morgan fingerprint density at radius 1 is 1.60 bits per heavy atom. The minimum absolute atomic E-state index is 0.605. The first-order chi connectivity index (χ1) is 7.16. The molecule has 78 valence electrons. The maximum atomic E-state index is 9.91. The molecule has 1 nitrogen and oxygen atoms in total. The molecule has 0 aliphatic heterocycles. The molecule has 2 heteroatoms. The maximum Gasteiger partial charge on any atom is 0.101 e. The number of hydrogen-bond acceptors (Lipinski definition) is 2. The van der Waals surface area contributed by atoms with Crippen LogP contribution in [0.2, 0.25) is 0 Å². The number of benzene rings is 1. The van der Waals surface area contributed by atoms with Crippen LogP contribution in [0.5, 0.6) is 0 Å². The molecule has 1 N–H and O–H groups in total. The van der Waals surface area contributed by atoms with Crippen LogP contribution in [0.25, 0.3) is 0 Å². The molecule has 0 heterocycles. The van der Waals surface area contributed by atoms with Gasteiger partial charge in [-0.3, -0.25) is 0 Å². The summed E-state index contributed by atoms with van der Waals surface area (Å²) in [7, 11) is 0. The van der Waals surface area contributed by atoms with E-state index >= 15 is 0 Å². The average molecular weight is 218 g/mol. The van der Waals surface area contributed by atoms with Crippen LogP contribution in [-0.4, -0.2) is 10.9 Å². The topological polar surface area (TPSA) is 20.2 Å². The molecule has 0 aromatic heterocycles. The highest BCUT2D eigenvalue weighted by Gasteiger charge is 2.12. The van der Waals surface area contributed by atoms with Crippen LogP contribution >= 0.6 is 11.8 Å². The Kier molecular flexibility index (Phi) is 4.48. The van der Waals surface area contributed by atoms with E-state index in [9.17, 15) is 5.11 Å². The zero-order valence-electron chi connectivity index (χ0n) is 8.73. The fourth-order valence-corrected chi connectivity index (χ4v) is 1.98. The van der Waals surface area contributed by atoms with Crippen molar-refractivity contribution >= 4 is 11.8 Å². The fraction of sp³-hybridized carbons (Fsp3) is 0.231. The summed E-state index contributed by atoms with van der Waals surface area (Å²) >= 11 is 1.56. The number of aliphatic hydroxyl groups excluding tert-OH is 1. The highest BCUT2D eigenvalue weighted by Crippen LogP contribution is 2.30. The summed E-state index contributed by atoms with van der Waals surface area (Å²) in [5, 5.41) is 9.91. The molecule has 0 radical (unpaired) electrons. The molecule has 1 aromatic carbocycles. The summed E-state index contributed by atoms with van der Waals surface area (Å²) in [5.74, 6) is 3.18. The monoisotopic (exact) mass is 218 g/mol. The van der Waals surface area contributed by atoms with Gasteiger partial charge in [0.2, 0.25) is 0 Å². The van der Waals surface area contributed by atoms with E-state index in [0.29, 0.717) is 5.75 Å². The quantitative estimate of drug-likeness (QED) is 0.476. The molecule has 1 unspecified atom stereocenters. The van der Waals surface area contributed by atoms with Crippen LogP contribution in [0, 0.1) is 12.3 Å². The SMILES string of the molecule is C#CCSc1ccccc1C(O)C(=C)C. The Morgan fingerprint density at radius 2 is 2.27 bits per heavy atom. The number of thioether (sulfide) groups is 1. The van der Waals surface area contributed by atoms with Gasteiger partial charge in [-0.15, -0.1) is 18.2 Å². The van der Waals surface area contributed by atoms with Gasteiger partial charge in [0.15, 0.2) is 0 Å². The summed E-state index contributed by atoms with van der Waals surface area (Å²) in [6.07, 6.45) is 4.61. The Morgan fingerprint density at radius 3 is 2.87 bits per heavy atom. The van der Waals surface area contributed by atoms with Crippen molar-refractivity contribution in [1.29, 1.82) is 0 Å². The van der Waals surface area contributed by atoms with Crippen molar-refractivity contribution < 1.29 is 5.11 Å². The Hall–Kier alpha value is -1.17. The molecule has 0 aliphatic rings. The van der Waals surface area contributed by atoms with Crippen molar-refractivity contribution in [3.05, 3.63) is 42.0 Å². The van der Waals surface area contributed by atoms with Gasteiger partial charge in [-0.05, 0) is 24.1 Å². The van der Waals surface area contributed by atoms with Crippen LogP contribution in [0.3, 0.4) is 0 Å². The van der Waals surface area contributed by atoms with Gasteiger partial charge >= 0.3 is 0 Å². The third-order valence-electron chi connectivity index (χ3n) is 1.99. The highest BCUT2D eigenvalue weighted by molar-refractivity contribution is 7.99. The van der Waals surface area contributed by atoms with Crippen molar-refractivity contribution in [2.75, 3.05) is 5.75 Å². The predicted molar refractivity (Wildman–Crippen MR) is 65.8 cm³/mol. The second-order valence-electron chi connectivity index (χ2n) is 3.28. The Labute approximate surface area is 95.2 Å². The molecule has 15 heavy (non-hydrogen) atoms. The molecule has 1 atom stereocenters. The standard InChI is InChI=1S/C13H14OS/c1-4-9-15-12-8-6-5-7-11(12)13(14)10(2)3/h1,5-8,13-14H,2,9H2,3H3. The molecule has 1 rings (SSSR count). The molecule has 0 bridgehead atoms. The third-order valence-corrected chi connectivity index (χ3v) is 2.99. The summed E-state index contributed by atoms with van der Waals surface area (Å²) in [5.41, 5.74) is 1.62. The molecule has 1 aromatic rings. The first-order valence-electron chi connectivity index (χ1n) is 4.65. The lowest BCUT2D eigenvalue weighted by Gasteiger charge is -2.14. The molecule has 0 saturated heterocycles. The molecular weight excluding hydrogens is 204 g/mol. The van der Waals surface area contributed by atoms with Crippen LogP contribution in [0.15, 0.2) is 41.3 Å². The van der Waals surface area contributed by atoms with E-state index in [2.05, 4.69) is 12.5 Å². The normalized spacial score (nSPS) is 11.8. The predicted octanol–water partition coefficient (Wildman–Crippen LogP) is 3.02. The molecule has 0 spiro atoms. The molecular formula is C13H14OS. The van der Waals surface area contributed by atoms with Gasteiger partial charge in [0.25, 0.3) is 0 Å². The lowest BCUT2D eigenvalue weighted by atomic mass is 10.0. The van der Waals surface area contributed by atoms with E-state index in [4.69, 9.17) is 6.42 Å². The zero-order chi connectivity index (χ0) is 11.3. The van der Waals surface area contributed by atoms with Gasteiger partial charge in [0, 0.05) is 4.90 Å². The van der Waals surface area contributed by atoms with E-state index in [-0.39, 0.29) is 0 Å². The Balaban J connectivity index is 2.96. The minimum atomic E-state index is -0.605. The smallest absolute Gasteiger partial charge is 0.101 e. The van der Waals surface area contributed by atoms with Gasteiger partial charge in [0.1, 0.15) is 6.10 Å². The van der Waals surface area contributed by atoms with Crippen molar-refractivity contribution in [2.45, 2.75) is 17.9 Å². The van der Waals surface area contributed by atoms with Gasteiger partial charge in [-0.1, -0.05) is 30.7 Å². The number of hydrogen-bond donors (Lipinski definition) is 1. The summed E-state index contributed by atoms with van der Waals surface area (Å²) in [4.78, 5) is 1.02. The lowest BCUT2D eigenvalue weighted by Crippen LogP contribution is -1.99. The van der Waals surface area contributed by atoms with Gasteiger partial charge in [0.05, 0.1) is 5.75 Å². The van der Waals surface area contributed by atoms with Crippen LogP contribution in [-0.2, 0) is 0 Å². The fourth-order valence-electron chi connectivity index (χ4n) is 1.22. The number of aliphatic hydroxyl groups is 1. The summed E-state index contributed by atoms with van der Waals surface area (Å²) in [6, 6.07) is 7.70. The van der Waals surface area contributed by atoms with E-state index in [0.717, 1.165) is 16.0 Å². The van der Waals surface area contributed by atoms with Crippen molar-refractivity contribution in [1.82, 2.24) is 0 Å². The van der Waals surface area contributed by atoms with Gasteiger partial charge < -0.3 is 5.11 Å². The second-order valence-corrected chi connectivity index (χ2v) is 4.30. The number of terminal acetylenes is 1. The highest BCUT2D eigenvalue weighted by atomic mass is 32.2. The second kappa shape index (κ2) is 5.65. The molecule has 0 fully saturated rings. The van der Waals surface area contributed by atoms with Gasteiger partial charge in [-0.2, -0.15) is 0 Å². The third kappa shape index (κ3) is 3.16. The van der Waals surface area contributed by atoms with Crippen LogP contribution < -0.4 is 0 Å². The minimum Gasteiger partial charge on any atom is -0.384 e. The summed E-state index contributed by atoms with van der Waals surface area (Å²) in [6.45, 7) is 5.57. The average Bonchev–Trinajstić information content (AvgIpc) is 2.25. The van der Waals surface area contributed by atoms with Crippen molar-refractivity contribution in [2.24, 2.45) is 0 Å². The summed E-state index contributed by atoms with van der Waals surface area (Å²) < 4.78 is 0. The van der Waals surface area contributed by atoms with E-state index in [1.165, 1.54) is 0 Å². The van der Waals surface area contributed by atoms with E-state index in [1.54, 1.807) is 11.8 Å². The first-order valence-corrected chi connectivity index (χ1v) is 5.64. The molecule has 0 aliphatic carbocycles. The lowest BCUT2D eigenvalue weighted by molar-refractivity contribution is 0.213. The van der Waals surface area contributed by atoms with Crippen molar-refractivity contribution in [3.8, 4) is 12.3 Å². The van der Waals surface area contributed by atoms with Crippen LogP contribution in [0.4, 0.5) is 0 Å². The van der Waals surface area contributed by atoms with E-state index in [1.807, 2.05) is 31.2 Å². The number of rotatable bonds is 4. The van der Waals surface area contributed by atoms with Gasteiger partial charge in [-0.25, -0.2) is 0 Å². The van der Waals surface area contributed by atoms with Crippen LogP contribution in [0.1, 0.15) is 18.6 Å². The molecule has 0 amide bonds. The Bertz CT molecular complexity index is 390. The largest absolute Gasteiger partial charge is 0.384 e. The van der Waals surface area contributed by atoms with Crippen molar-refractivity contribution in [3.63, 3.8) is 0 Å². The zero-order valence-corrected chi connectivity index (χ0v) is 9.55. The molecule has 0 saturated carbocycles. The van der Waals surface area contributed by atoms with E-state index < -0.39 is 6.10 Å². The first kappa shape index (κ1) is 11.9. The maximum absolute atomic E-state index is 9.91.